The number of nitrogens with zero attached hydrogens (tertiary/aromatic N) is 3. The van der Waals surface area contributed by atoms with Crippen LogP contribution in [0.4, 0.5) is 5.69 Å². The highest BCUT2D eigenvalue weighted by atomic mass is 35.5. The van der Waals surface area contributed by atoms with Gasteiger partial charge in [-0.25, -0.2) is 10.0 Å². The molecule has 10 nitrogen and oxygen atoms in total. The van der Waals surface area contributed by atoms with Crippen molar-refractivity contribution in [3.8, 4) is 23.0 Å². The van der Waals surface area contributed by atoms with Crippen molar-refractivity contribution in [3.63, 3.8) is 0 Å². The normalized spacial score (nSPS) is 19.6. The summed E-state index contributed by atoms with van der Waals surface area (Å²) in [7, 11) is 4.65. The quantitative estimate of drug-likeness (QED) is 0.568. The Balaban J connectivity index is 0.00000324. The monoisotopic (exact) mass is 491 g/mol. The number of aliphatic imine (C=N–C) groups is 1. The second kappa shape index (κ2) is 10.9. The number of nitrogens with two attached hydrogens (primary N) is 1. The summed E-state index contributed by atoms with van der Waals surface area (Å²) in [5.41, 5.74) is 6.21. The molecular weight excluding hydrogens is 462 g/mol. The van der Waals surface area contributed by atoms with Crippen molar-refractivity contribution in [3.05, 3.63) is 42.0 Å². The molecule has 2 heterocycles. The van der Waals surface area contributed by atoms with Gasteiger partial charge in [0.25, 0.3) is 0 Å². The highest BCUT2D eigenvalue weighted by molar-refractivity contribution is 5.98. The first kappa shape index (κ1) is 25.6. The maximum atomic E-state index is 13.4. The van der Waals surface area contributed by atoms with Crippen LogP contribution < -0.4 is 35.0 Å². The molecule has 1 atom stereocenters. The number of carbonyl (C=O) groups excluding carboxylic acids is 1. The van der Waals surface area contributed by atoms with Crippen LogP contribution in [-0.4, -0.2) is 71.2 Å². The number of benzene rings is 2. The molecule has 1 unspecified atom stereocenters. The van der Waals surface area contributed by atoms with Crippen LogP contribution in [0.3, 0.4) is 0 Å². The molecule has 2 aromatic rings. The van der Waals surface area contributed by atoms with Crippen molar-refractivity contribution in [2.75, 3.05) is 59.1 Å². The van der Waals surface area contributed by atoms with E-state index in [1.54, 1.807) is 44.8 Å². The molecule has 2 aromatic carbocycles. The summed E-state index contributed by atoms with van der Waals surface area (Å²) in [6.45, 7) is 2.96. The first-order valence-corrected chi connectivity index (χ1v) is 10.7. The second-order valence-electron chi connectivity index (χ2n) is 7.65. The Hall–Kier alpha value is -3.05. The van der Waals surface area contributed by atoms with Crippen molar-refractivity contribution in [1.82, 2.24) is 10.3 Å². The van der Waals surface area contributed by atoms with Crippen LogP contribution in [-0.2, 0) is 10.5 Å². The van der Waals surface area contributed by atoms with Gasteiger partial charge in [0.05, 0.1) is 27.0 Å². The topological polar surface area (TPSA) is 111 Å². The zero-order chi connectivity index (χ0) is 23.4. The minimum atomic E-state index is -1.65. The minimum Gasteiger partial charge on any atom is -0.493 e. The second-order valence-corrected chi connectivity index (χ2v) is 7.65. The number of fused-ring (bicyclic) bond motifs is 1. The lowest BCUT2D eigenvalue weighted by molar-refractivity contribution is -0.126. The molecule has 3 N–H and O–H groups in total. The fourth-order valence-corrected chi connectivity index (χ4v) is 3.95. The van der Waals surface area contributed by atoms with Crippen molar-refractivity contribution in [2.24, 2.45) is 10.7 Å². The Morgan fingerprint density at radius 2 is 1.65 bits per heavy atom. The summed E-state index contributed by atoms with van der Waals surface area (Å²) < 4.78 is 22.0. The van der Waals surface area contributed by atoms with Crippen LogP contribution in [0, 0.1) is 0 Å². The van der Waals surface area contributed by atoms with E-state index in [0.29, 0.717) is 34.2 Å². The summed E-state index contributed by atoms with van der Waals surface area (Å²) in [6, 6.07) is 10.6. The van der Waals surface area contributed by atoms with Gasteiger partial charge in [0, 0.05) is 37.8 Å². The van der Waals surface area contributed by atoms with Gasteiger partial charge >= 0.3 is 0 Å². The number of hydrogen-bond donors (Lipinski definition) is 2. The van der Waals surface area contributed by atoms with Crippen LogP contribution in [0.2, 0.25) is 0 Å². The van der Waals surface area contributed by atoms with Gasteiger partial charge in [0.1, 0.15) is 6.34 Å². The lowest BCUT2D eigenvalue weighted by Crippen LogP contribution is -2.56. The minimum absolute atomic E-state index is 0. The van der Waals surface area contributed by atoms with Gasteiger partial charge in [-0.2, -0.15) is 0 Å². The summed E-state index contributed by atoms with van der Waals surface area (Å²) in [5, 5.41) is 7.38. The summed E-state index contributed by atoms with van der Waals surface area (Å²) in [5.74, 6) is 1.57. The smallest absolute Gasteiger partial charge is 0.216 e. The van der Waals surface area contributed by atoms with E-state index in [-0.39, 0.29) is 19.0 Å². The number of ketones is 1. The third-order valence-corrected chi connectivity index (χ3v) is 5.78. The number of nitrogens with one attached hydrogen (secondary N) is 1. The van der Waals surface area contributed by atoms with Gasteiger partial charge in [0.15, 0.2) is 29.6 Å². The molecule has 0 aromatic heterocycles. The van der Waals surface area contributed by atoms with Gasteiger partial charge in [-0.1, -0.05) is 12.1 Å². The maximum Gasteiger partial charge on any atom is 0.216 e. The standard InChI is InChI=1S/C23H29N5O5.ClH/c1-30-18-6-4-5-7-19(18)33-14-22(29)23(24)16-12-20(31-2)21(32-3)13-17(16)28(15-26-23)27-10-8-25-9-11-27;/h4-7,12-13,15,25H,8-11,14,24H2,1-3H3;1H. The van der Waals surface area contributed by atoms with Crippen molar-refractivity contribution >= 4 is 30.2 Å². The van der Waals surface area contributed by atoms with E-state index in [1.807, 2.05) is 17.1 Å². The Morgan fingerprint density at radius 1 is 1.03 bits per heavy atom. The van der Waals surface area contributed by atoms with E-state index in [9.17, 15) is 4.79 Å². The molecule has 0 spiro atoms. The number of carbonyl (C=O) groups is 1. The maximum absolute atomic E-state index is 13.4. The largest absolute Gasteiger partial charge is 0.493 e. The highest BCUT2D eigenvalue weighted by Gasteiger charge is 2.43. The van der Waals surface area contributed by atoms with Crippen LogP contribution >= 0.6 is 12.4 Å². The number of anilines is 1. The number of hydrogen-bond acceptors (Lipinski definition) is 10. The predicted octanol–water partition coefficient (Wildman–Crippen LogP) is 1.56. The van der Waals surface area contributed by atoms with Crippen LogP contribution in [0.15, 0.2) is 41.4 Å². The van der Waals surface area contributed by atoms with Gasteiger partial charge in [-0.3, -0.25) is 15.5 Å². The number of ether oxygens (including phenoxy) is 4. The fourth-order valence-electron chi connectivity index (χ4n) is 3.95. The molecule has 184 valence electrons. The summed E-state index contributed by atoms with van der Waals surface area (Å²) in [6.07, 6.45) is 1.60. The molecule has 1 fully saturated rings. The average Bonchev–Trinajstić information content (AvgIpc) is 2.87. The third-order valence-electron chi connectivity index (χ3n) is 5.78. The summed E-state index contributed by atoms with van der Waals surface area (Å²) in [4.78, 5) is 17.9. The Labute approximate surface area is 205 Å². The number of hydrazine groups is 1. The zero-order valence-corrected chi connectivity index (χ0v) is 20.3. The molecule has 2 aliphatic rings. The fraction of sp³-hybridized carbons (Fsp3) is 0.391. The molecule has 0 saturated carbocycles. The van der Waals surface area contributed by atoms with E-state index in [4.69, 9.17) is 24.7 Å². The lowest BCUT2D eigenvalue weighted by atomic mass is 9.92. The molecule has 1 saturated heterocycles. The van der Waals surface area contributed by atoms with E-state index in [1.165, 1.54) is 7.11 Å². The molecule has 0 bridgehead atoms. The van der Waals surface area contributed by atoms with E-state index < -0.39 is 11.4 Å². The number of halogens is 1. The van der Waals surface area contributed by atoms with E-state index in [2.05, 4.69) is 15.3 Å². The van der Waals surface area contributed by atoms with Gasteiger partial charge < -0.3 is 24.3 Å². The SMILES string of the molecule is COc1cc2c(cc1OC)C(N)(C(=O)COc1ccccc1OC)N=CN2N1CCNCC1.Cl. The van der Waals surface area contributed by atoms with Crippen molar-refractivity contribution < 1.29 is 23.7 Å². The average molecular weight is 492 g/mol. The van der Waals surface area contributed by atoms with Crippen molar-refractivity contribution in [1.29, 1.82) is 0 Å². The lowest BCUT2D eigenvalue weighted by Gasteiger charge is -2.42. The first-order valence-electron chi connectivity index (χ1n) is 10.7. The number of rotatable bonds is 8. The molecule has 0 aliphatic carbocycles. The molecule has 4 rings (SSSR count). The van der Waals surface area contributed by atoms with Gasteiger partial charge in [-0.05, 0) is 18.2 Å². The van der Waals surface area contributed by atoms with Gasteiger partial charge in [-0.15, -0.1) is 12.4 Å². The number of piperazine rings is 1. The Bertz CT molecular complexity index is 1050. The Kier molecular flexibility index (Phi) is 8.21. The van der Waals surface area contributed by atoms with Crippen LogP contribution in [0.1, 0.15) is 5.56 Å². The van der Waals surface area contributed by atoms with Gasteiger partial charge in [0.2, 0.25) is 11.4 Å². The molecule has 11 heteroatoms. The molecule has 2 aliphatic heterocycles. The third kappa shape index (κ3) is 4.76. The highest BCUT2D eigenvalue weighted by Crippen LogP contribution is 2.42. The summed E-state index contributed by atoms with van der Waals surface area (Å²) >= 11 is 0. The Morgan fingerprint density at radius 3 is 2.29 bits per heavy atom. The van der Waals surface area contributed by atoms with Crippen LogP contribution in [0.5, 0.6) is 23.0 Å². The first-order chi connectivity index (χ1) is 16.0. The molecular formula is C23H30ClN5O5. The van der Waals surface area contributed by atoms with E-state index in [0.717, 1.165) is 26.2 Å². The van der Waals surface area contributed by atoms with Crippen molar-refractivity contribution in [2.45, 2.75) is 5.66 Å². The molecule has 0 radical (unpaired) electrons. The van der Waals surface area contributed by atoms with E-state index >= 15 is 0 Å². The van der Waals surface area contributed by atoms with Crippen LogP contribution in [0.25, 0.3) is 0 Å². The molecule has 34 heavy (non-hydrogen) atoms. The number of Topliss-reactive ketones (excluding diaryl/α,β-unsaturated/α-hetero) is 1. The molecule has 0 amide bonds. The zero-order valence-electron chi connectivity index (χ0n) is 19.4. The number of methoxy groups -OCH3 is 3. The predicted molar refractivity (Wildman–Crippen MR) is 132 cm³/mol. The number of para-hydroxylation sites is 2.